The largest absolute Gasteiger partial charge is 0.368 e. The SMILES string of the molecule is NC1CCN(c2cn(S(=O)(=O)c3ccccc3N3C=CCC3)c3cccnc23)CC1. The van der Waals surface area contributed by atoms with Gasteiger partial charge in [-0.15, -0.1) is 0 Å². The molecule has 0 aliphatic carbocycles. The molecule has 7 nitrogen and oxygen atoms in total. The second-order valence-corrected chi connectivity index (χ2v) is 9.63. The van der Waals surface area contributed by atoms with E-state index in [-0.39, 0.29) is 6.04 Å². The van der Waals surface area contributed by atoms with Crippen molar-refractivity contribution in [2.24, 2.45) is 5.73 Å². The van der Waals surface area contributed by atoms with E-state index >= 15 is 0 Å². The molecule has 2 N–H and O–H groups in total. The molecule has 1 saturated heterocycles. The fraction of sp³-hybridized carbons (Fsp3) is 0.318. The molecule has 0 atom stereocenters. The summed E-state index contributed by atoms with van der Waals surface area (Å²) in [5, 5.41) is 0. The predicted molar refractivity (Wildman–Crippen MR) is 119 cm³/mol. The maximum atomic E-state index is 13.8. The lowest BCUT2D eigenvalue weighted by Gasteiger charge is -2.31. The average molecular weight is 424 g/mol. The number of piperidine rings is 1. The molecule has 8 heteroatoms. The van der Waals surface area contributed by atoms with E-state index in [0.29, 0.717) is 21.6 Å². The molecule has 4 heterocycles. The molecule has 0 spiro atoms. The monoisotopic (exact) mass is 423 g/mol. The zero-order valence-electron chi connectivity index (χ0n) is 16.7. The Bertz CT molecular complexity index is 1210. The summed E-state index contributed by atoms with van der Waals surface area (Å²) in [6, 6.07) is 11.0. The van der Waals surface area contributed by atoms with Crippen LogP contribution in [0.4, 0.5) is 11.4 Å². The van der Waals surface area contributed by atoms with E-state index in [1.807, 2.05) is 29.3 Å². The molecule has 2 aliphatic rings. The average Bonchev–Trinajstić information content (AvgIpc) is 3.43. The van der Waals surface area contributed by atoms with Crippen LogP contribution >= 0.6 is 0 Å². The van der Waals surface area contributed by atoms with Gasteiger partial charge >= 0.3 is 0 Å². The minimum atomic E-state index is -3.81. The molecule has 0 amide bonds. The van der Waals surface area contributed by atoms with Crippen molar-refractivity contribution < 1.29 is 8.42 Å². The fourth-order valence-corrected chi connectivity index (χ4v) is 5.85. The summed E-state index contributed by atoms with van der Waals surface area (Å²) in [6.07, 6.45) is 10.1. The summed E-state index contributed by atoms with van der Waals surface area (Å²) in [7, 11) is -3.81. The molecule has 5 rings (SSSR count). The highest BCUT2D eigenvalue weighted by molar-refractivity contribution is 7.90. The minimum Gasteiger partial charge on any atom is -0.368 e. The number of nitrogens with zero attached hydrogens (tertiary/aromatic N) is 4. The van der Waals surface area contributed by atoms with Crippen LogP contribution in [0.1, 0.15) is 19.3 Å². The lowest BCUT2D eigenvalue weighted by Crippen LogP contribution is -2.39. The summed E-state index contributed by atoms with van der Waals surface area (Å²) in [4.78, 5) is 9.00. The zero-order chi connectivity index (χ0) is 20.7. The Labute approximate surface area is 176 Å². The van der Waals surface area contributed by atoms with Gasteiger partial charge in [0.25, 0.3) is 10.0 Å². The van der Waals surface area contributed by atoms with Crippen LogP contribution in [0.5, 0.6) is 0 Å². The van der Waals surface area contributed by atoms with Gasteiger partial charge in [0.05, 0.1) is 16.9 Å². The summed E-state index contributed by atoms with van der Waals surface area (Å²) in [5.41, 5.74) is 8.90. The first kappa shape index (κ1) is 19.1. The van der Waals surface area contributed by atoms with E-state index in [4.69, 9.17) is 5.73 Å². The Morgan fingerprint density at radius 1 is 1.00 bits per heavy atom. The van der Waals surface area contributed by atoms with Crippen molar-refractivity contribution in [3.8, 4) is 0 Å². The molecular weight excluding hydrogens is 398 g/mol. The van der Waals surface area contributed by atoms with Crippen LogP contribution in [-0.2, 0) is 10.0 Å². The normalized spacial score (nSPS) is 17.9. The zero-order valence-corrected chi connectivity index (χ0v) is 17.5. The standard InChI is InChI=1S/C22H25N5O2S/c23-17-9-14-26(15-10-17)20-16-27(19-7-5-11-24-22(19)20)30(28,29)21-8-2-1-6-18(21)25-12-3-4-13-25/h1-3,5-8,11-12,16-17H,4,9-10,13-15,23H2. The number of nitrogens with two attached hydrogens (primary N) is 1. The molecule has 1 fully saturated rings. The summed E-state index contributed by atoms with van der Waals surface area (Å²) in [5.74, 6) is 0. The van der Waals surface area contributed by atoms with Crippen molar-refractivity contribution in [3.05, 3.63) is 61.1 Å². The van der Waals surface area contributed by atoms with Crippen molar-refractivity contribution in [2.75, 3.05) is 29.4 Å². The first-order valence-corrected chi connectivity index (χ1v) is 11.7. The summed E-state index contributed by atoms with van der Waals surface area (Å²) < 4.78 is 29.0. The molecule has 0 bridgehead atoms. The van der Waals surface area contributed by atoms with E-state index in [1.165, 1.54) is 3.97 Å². The summed E-state index contributed by atoms with van der Waals surface area (Å²) >= 11 is 0. The second kappa shape index (κ2) is 7.45. The molecule has 0 saturated carbocycles. The molecule has 1 aromatic carbocycles. The van der Waals surface area contributed by atoms with E-state index in [0.717, 1.165) is 44.6 Å². The first-order chi connectivity index (χ1) is 14.6. The van der Waals surface area contributed by atoms with Gasteiger partial charge in [0, 0.05) is 44.3 Å². The lowest BCUT2D eigenvalue weighted by atomic mass is 10.1. The Kier molecular flexibility index (Phi) is 4.75. The number of anilines is 2. The Morgan fingerprint density at radius 3 is 2.57 bits per heavy atom. The number of para-hydroxylation sites is 1. The number of rotatable bonds is 4. The van der Waals surface area contributed by atoms with Crippen LogP contribution in [0, 0.1) is 0 Å². The Balaban J connectivity index is 1.64. The van der Waals surface area contributed by atoms with E-state index in [2.05, 4.69) is 16.0 Å². The maximum Gasteiger partial charge on any atom is 0.270 e. The van der Waals surface area contributed by atoms with Crippen LogP contribution in [0.3, 0.4) is 0 Å². The quantitative estimate of drug-likeness (QED) is 0.695. The minimum absolute atomic E-state index is 0.201. The van der Waals surface area contributed by atoms with Crippen LogP contribution in [-0.4, -0.2) is 43.1 Å². The third-order valence-electron chi connectivity index (χ3n) is 5.92. The molecule has 156 valence electrons. The molecule has 0 radical (unpaired) electrons. The van der Waals surface area contributed by atoms with Gasteiger partial charge in [-0.05, 0) is 43.5 Å². The molecule has 2 aliphatic heterocycles. The predicted octanol–water partition coefficient (Wildman–Crippen LogP) is 2.92. The van der Waals surface area contributed by atoms with E-state index in [9.17, 15) is 8.42 Å². The molecule has 2 aromatic heterocycles. The maximum absolute atomic E-state index is 13.8. The Hall–Kier alpha value is -2.84. The smallest absolute Gasteiger partial charge is 0.270 e. The molecule has 0 unspecified atom stereocenters. The van der Waals surface area contributed by atoms with Crippen molar-refractivity contribution in [2.45, 2.75) is 30.2 Å². The van der Waals surface area contributed by atoms with Gasteiger partial charge in [0.15, 0.2) is 0 Å². The van der Waals surface area contributed by atoms with E-state index < -0.39 is 10.0 Å². The van der Waals surface area contributed by atoms with Gasteiger partial charge in [-0.25, -0.2) is 12.4 Å². The number of aromatic nitrogens is 2. The Morgan fingerprint density at radius 2 is 1.80 bits per heavy atom. The number of hydrogen-bond acceptors (Lipinski definition) is 6. The third kappa shape index (κ3) is 3.16. The van der Waals surface area contributed by atoms with Crippen LogP contribution in [0.2, 0.25) is 0 Å². The van der Waals surface area contributed by atoms with Crippen molar-refractivity contribution >= 4 is 32.4 Å². The van der Waals surface area contributed by atoms with Crippen LogP contribution in [0.25, 0.3) is 11.0 Å². The second-order valence-electron chi connectivity index (χ2n) is 7.85. The topological polar surface area (TPSA) is 84.5 Å². The van der Waals surface area contributed by atoms with E-state index in [1.54, 1.807) is 30.6 Å². The number of hydrogen-bond donors (Lipinski definition) is 1. The number of fused-ring (bicyclic) bond motifs is 1. The number of benzene rings is 1. The van der Waals surface area contributed by atoms with Gasteiger partial charge in [-0.1, -0.05) is 18.2 Å². The lowest BCUT2D eigenvalue weighted by molar-refractivity contribution is 0.502. The van der Waals surface area contributed by atoms with Crippen molar-refractivity contribution in [3.63, 3.8) is 0 Å². The van der Waals surface area contributed by atoms with Crippen molar-refractivity contribution in [1.29, 1.82) is 0 Å². The number of pyridine rings is 1. The highest BCUT2D eigenvalue weighted by atomic mass is 32.2. The summed E-state index contributed by atoms with van der Waals surface area (Å²) in [6.45, 7) is 2.37. The highest BCUT2D eigenvalue weighted by Gasteiger charge is 2.28. The third-order valence-corrected chi connectivity index (χ3v) is 7.64. The van der Waals surface area contributed by atoms with Crippen molar-refractivity contribution in [1.82, 2.24) is 8.96 Å². The van der Waals surface area contributed by atoms with Gasteiger partial charge in [-0.2, -0.15) is 0 Å². The fourth-order valence-electron chi connectivity index (χ4n) is 4.29. The van der Waals surface area contributed by atoms with Gasteiger partial charge in [0.2, 0.25) is 0 Å². The first-order valence-electron chi connectivity index (χ1n) is 10.3. The van der Waals surface area contributed by atoms with Gasteiger partial charge in [-0.3, -0.25) is 4.98 Å². The van der Waals surface area contributed by atoms with Gasteiger partial charge < -0.3 is 15.5 Å². The van der Waals surface area contributed by atoms with Crippen LogP contribution in [0.15, 0.2) is 66.0 Å². The molecule has 3 aromatic rings. The molecular formula is C22H25N5O2S. The molecule has 30 heavy (non-hydrogen) atoms. The van der Waals surface area contributed by atoms with Gasteiger partial charge in [0.1, 0.15) is 10.4 Å². The van der Waals surface area contributed by atoms with Crippen LogP contribution < -0.4 is 15.5 Å². The highest BCUT2D eigenvalue weighted by Crippen LogP contribution is 2.35.